The van der Waals surface area contributed by atoms with Crippen LogP contribution in [0.25, 0.3) is 0 Å². The average molecular weight is 255 g/mol. The van der Waals surface area contributed by atoms with Crippen LogP contribution in [0.2, 0.25) is 0 Å². The maximum atomic E-state index is 11.3. The van der Waals surface area contributed by atoms with Crippen LogP contribution in [0, 0.1) is 17.3 Å². The highest BCUT2D eigenvalue weighted by atomic mass is 16.4. The number of rotatable bonds is 6. The van der Waals surface area contributed by atoms with Crippen molar-refractivity contribution in [2.75, 3.05) is 19.6 Å². The Bertz CT molecular complexity index is 274. The topological polar surface area (TPSA) is 40.5 Å². The van der Waals surface area contributed by atoms with E-state index in [0.717, 1.165) is 38.4 Å². The summed E-state index contributed by atoms with van der Waals surface area (Å²) in [5.41, 5.74) is -0.587. The molecule has 1 aliphatic rings. The number of piperidine rings is 1. The number of carboxylic acid groups (broad SMARTS) is 1. The molecule has 0 amide bonds. The molecule has 18 heavy (non-hydrogen) atoms. The van der Waals surface area contributed by atoms with Crippen LogP contribution >= 0.6 is 0 Å². The molecule has 1 aliphatic heterocycles. The lowest BCUT2D eigenvalue weighted by Gasteiger charge is -2.39. The Morgan fingerprint density at radius 1 is 1.44 bits per heavy atom. The van der Waals surface area contributed by atoms with Gasteiger partial charge in [-0.05, 0) is 64.5 Å². The molecule has 0 aromatic carbocycles. The number of hydrogen-bond donors (Lipinski definition) is 1. The van der Waals surface area contributed by atoms with Gasteiger partial charge in [0.25, 0.3) is 0 Å². The number of likely N-dealkylation sites (tertiary alicyclic amines) is 1. The Hall–Kier alpha value is -0.570. The zero-order valence-electron chi connectivity index (χ0n) is 12.4. The molecule has 1 saturated heterocycles. The zero-order valence-corrected chi connectivity index (χ0v) is 12.4. The smallest absolute Gasteiger partial charge is 0.309 e. The standard InChI is InChI=1S/C15H29NO2/c1-12(2)7-5-9-16-10-6-8-13(11-16)15(3,4)14(17)18/h12-13H,5-11H2,1-4H3,(H,17,18). The quantitative estimate of drug-likeness (QED) is 0.792. The lowest BCUT2D eigenvalue weighted by Crippen LogP contribution is -2.45. The summed E-state index contributed by atoms with van der Waals surface area (Å²) in [6.07, 6.45) is 4.70. The largest absolute Gasteiger partial charge is 0.481 e. The Morgan fingerprint density at radius 2 is 2.11 bits per heavy atom. The second-order valence-electron chi connectivity index (χ2n) is 6.70. The number of hydrogen-bond acceptors (Lipinski definition) is 2. The average Bonchev–Trinajstić information content (AvgIpc) is 2.28. The summed E-state index contributed by atoms with van der Waals surface area (Å²) >= 11 is 0. The zero-order chi connectivity index (χ0) is 13.8. The summed E-state index contributed by atoms with van der Waals surface area (Å²) in [4.78, 5) is 13.8. The van der Waals surface area contributed by atoms with E-state index < -0.39 is 11.4 Å². The van der Waals surface area contributed by atoms with Crippen LogP contribution in [0.4, 0.5) is 0 Å². The molecule has 1 unspecified atom stereocenters. The molecule has 1 atom stereocenters. The highest BCUT2D eigenvalue weighted by molar-refractivity contribution is 5.74. The molecule has 1 fully saturated rings. The van der Waals surface area contributed by atoms with Crippen molar-refractivity contribution >= 4 is 5.97 Å². The van der Waals surface area contributed by atoms with Gasteiger partial charge in [-0.25, -0.2) is 0 Å². The summed E-state index contributed by atoms with van der Waals surface area (Å²) in [6.45, 7) is 11.5. The summed E-state index contributed by atoms with van der Waals surface area (Å²) in [5.74, 6) is 0.403. The molecule has 0 aromatic rings. The van der Waals surface area contributed by atoms with Crippen molar-refractivity contribution in [2.24, 2.45) is 17.3 Å². The Morgan fingerprint density at radius 3 is 2.67 bits per heavy atom. The number of carbonyl (C=O) groups is 1. The number of carboxylic acids is 1. The van der Waals surface area contributed by atoms with E-state index in [9.17, 15) is 9.90 Å². The minimum Gasteiger partial charge on any atom is -0.481 e. The first-order chi connectivity index (χ1) is 8.34. The molecule has 0 spiro atoms. The van der Waals surface area contributed by atoms with Gasteiger partial charge in [0.1, 0.15) is 0 Å². The summed E-state index contributed by atoms with van der Waals surface area (Å²) in [5, 5.41) is 9.31. The molecule has 0 radical (unpaired) electrons. The van der Waals surface area contributed by atoms with Crippen molar-refractivity contribution in [3.8, 4) is 0 Å². The third-order valence-electron chi connectivity index (χ3n) is 4.33. The molecule has 3 heteroatoms. The molecule has 1 rings (SSSR count). The van der Waals surface area contributed by atoms with Gasteiger partial charge in [-0.1, -0.05) is 13.8 Å². The fraction of sp³-hybridized carbons (Fsp3) is 0.933. The van der Waals surface area contributed by atoms with Gasteiger partial charge in [0.15, 0.2) is 0 Å². The van der Waals surface area contributed by atoms with E-state index in [1.54, 1.807) is 0 Å². The monoisotopic (exact) mass is 255 g/mol. The van der Waals surface area contributed by atoms with Crippen molar-refractivity contribution in [1.29, 1.82) is 0 Å². The fourth-order valence-electron chi connectivity index (χ4n) is 2.75. The molecule has 0 aromatic heterocycles. The van der Waals surface area contributed by atoms with Gasteiger partial charge in [0.05, 0.1) is 5.41 Å². The van der Waals surface area contributed by atoms with Crippen molar-refractivity contribution in [2.45, 2.75) is 53.4 Å². The number of aliphatic carboxylic acids is 1. The Balaban J connectivity index is 2.43. The van der Waals surface area contributed by atoms with Crippen molar-refractivity contribution in [3.63, 3.8) is 0 Å². The first-order valence-corrected chi connectivity index (χ1v) is 7.29. The first-order valence-electron chi connectivity index (χ1n) is 7.29. The molecule has 0 bridgehead atoms. The van der Waals surface area contributed by atoms with Crippen LogP contribution in [-0.2, 0) is 4.79 Å². The fourth-order valence-corrected chi connectivity index (χ4v) is 2.75. The van der Waals surface area contributed by atoms with E-state index in [0.29, 0.717) is 5.92 Å². The van der Waals surface area contributed by atoms with Gasteiger partial charge in [-0.15, -0.1) is 0 Å². The maximum Gasteiger partial charge on any atom is 0.309 e. The van der Waals surface area contributed by atoms with Crippen molar-refractivity contribution in [3.05, 3.63) is 0 Å². The summed E-state index contributed by atoms with van der Waals surface area (Å²) < 4.78 is 0. The second-order valence-corrected chi connectivity index (χ2v) is 6.70. The van der Waals surface area contributed by atoms with Gasteiger partial charge in [0.2, 0.25) is 0 Å². The minimum atomic E-state index is -0.656. The molecule has 1 N–H and O–H groups in total. The molecule has 0 saturated carbocycles. The molecule has 0 aliphatic carbocycles. The highest BCUT2D eigenvalue weighted by Crippen LogP contribution is 2.34. The lowest BCUT2D eigenvalue weighted by atomic mass is 9.74. The van der Waals surface area contributed by atoms with Gasteiger partial charge in [-0.3, -0.25) is 4.79 Å². The normalized spacial score (nSPS) is 22.4. The minimum absolute atomic E-state index is 0.294. The predicted molar refractivity (Wildman–Crippen MR) is 74.7 cm³/mol. The van der Waals surface area contributed by atoms with E-state index >= 15 is 0 Å². The predicted octanol–water partition coefficient (Wildman–Crippen LogP) is 3.25. The van der Waals surface area contributed by atoms with Crippen LogP contribution in [0.5, 0.6) is 0 Å². The molecule has 1 heterocycles. The van der Waals surface area contributed by atoms with E-state index in [2.05, 4.69) is 18.7 Å². The van der Waals surface area contributed by atoms with Crippen LogP contribution in [0.1, 0.15) is 53.4 Å². The van der Waals surface area contributed by atoms with Crippen LogP contribution in [0.15, 0.2) is 0 Å². The third-order valence-corrected chi connectivity index (χ3v) is 4.33. The first kappa shape index (κ1) is 15.5. The van der Waals surface area contributed by atoms with Gasteiger partial charge in [-0.2, -0.15) is 0 Å². The second kappa shape index (κ2) is 6.55. The van der Waals surface area contributed by atoms with Crippen LogP contribution in [-0.4, -0.2) is 35.6 Å². The third kappa shape index (κ3) is 4.27. The van der Waals surface area contributed by atoms with E-state index in [-0.39, 0.29) is 0 Å². The van der Waals surface area contributed by atoms with E-state index in [1.165, 1.54) is 12.8 Å². The number of nitrogens with zero attached hydrogens (tertiary/aromatic N) is 1. The van der Waals surface area contributed by atoms with E-state index in [1.807, 2.05) is 13.8 Å². The molecule has 3 nitrogen and oxygen atoms in total. The van der Waals surface area contributed by atoms with Crippen LogP contribution < -0.4 is 0 Å². The van der Waals surface area contributed by atoms with Crippen molar-refractivity contribution < 1.29 is 9.90 Å². The lowest BCUT2D eigenvalue weighted by molar-refractivity contribution is -0.151. The van der Waals surface area contributed by atoms with Crippen LogP contribution in [0.3, 0.4) is 0 Å². The molecular weight excluding hydrogens is 226 g/mol. The van der Waals surface area contributed by atoms with Crippen molar-refractivity contribution in [1.82, 2.24) is 4.90 Å². The maximum absolute atomic E-state index is 11.3. The highest BCUT2D eigenvalue weighted by Gasteiger charge is 2.38. The SMILES string of the molecule is CC(C)CCCN1CCCC(C(C)(C)C(=O)O)C1. The van der Waals surface area contributed by atoms with Gasteiger partial charge in [0, 0.05) is 6.54 Å². The van der Waals surface area contributed by atoms with Gasteiger partial charge < -0.3 is 10.0 Å². The summed E-state index contributed by atoms with van der Waals surface area (Å²) in [7, 11) is 0. The van der Waals surface area contributed by atoms with E-state index in [4.69, 9.17) is 0 Å². The Kier molecular flexibility index (Phi) is 5.64. The Labute approximate surface area is 112 Å². The van der Waals surface area contributed by atoms with Gasteiger partial charge >= 0.3 is 5.97 Å². The summed E-state index contributed by atoms with van der Waals surface area (Å²) in [6, 6.07) is 0. The molecule has 106 valence electrons. The molecular formula is C15H29NO2.